The number of urea groups is 1. The van der Waals surface area contributed by atoms with Gasteiger partial charge in [-0.3, -0.25) is 0 Å². The smallest absolute Gasteiger partial charge is 0.320 e. The van der Waals surface area contributed by atoms with Crippen molar-refractivity contribution in [2.24, 2.45) is 0 Å². The summed E-state index contributed by atoms with van der Waals surface area (Å²) in [6.07, 6.45) is 0.919. The number of carbonyl (C=O) groups excluding carboxylic acids is 1. The Kier molecular flexibility index (Phi) is 6.02. The lowest BCUT2D eigenvalue weighted by atomic mass is 10.2. The minimum absolute atomic E-state index is 0.0754. The van der Waals surface area contributed by atoms with E-state index in [2.05, 4.69) is 17.2 Å². The molecule has 0 aliphatic heterocycles. The molecule has 3 rings (SSSR count). The molecule has 1 N–H and O–H groups in total. The number of nitrogens with one attached hydrogen (secondary N) is 1. The van der Waals surface area contributed by atoms with E-state index in [1.807, 2.05) is 71.8 Å². The van der Waals surface area contributed by atoms with Crippen molar-refractivity contribution >= 4 is 23.1 Å². The van der Waals surface area contributed by atoms with Gasteiger partial charge in [0.25, 0.3) is 0 Å². The van der Waals surface area contributed by atoms with Crippen molar-refractivity contribution in [2.75, 3.05) is 11.9 Å². The predicted octanol–water partition coefficient (Wildman–Crippen LogP) is 5.56. The van der Waals surface area contributed by atoms with Crippen LogP contribution in [0.4, 0.5) is 10.5 Å². The van der Waals surface area contributed by atoms with Crippen molar-refractivity contribution in [1.29, 1.82) is 0 Å². The monoisotopic (exact) mass is 365 g/mol. The van der Waals surface area contributed by atoms with Gasteiger partial charge in [-0.2, -0.15) is 0 Å². The normalized spacial score (nSPS) is 10.5. The summed E-state index contributed by atoms with van der Waals surface area (Å²) in [4.78, 5) is 19.0. The van der Waals surface area contributed by atoms with Gasteiger partial charge in [0.2, 0.25) is 0 Å². The van der Waals surface area contributed by atoms with E-state index >= 15 is 0 Å². The van der Waals surface area contributed by atoms with Crippen molar-refractivity contribution in [2.45, 2.75) is 26.8 Å². The maximum Gasteiger partial charge on any atom is 0.322 e. The molecule has 0 radical (unpaired) electrons. The van der Waals surface area contributed by atoms with Gasteiger partial charge in [0, 0.05) is 35.4 Å². The summed E-state index contributed by atoms with van der Waals surface area (Å²) >= 11 is 1.63. The number of nitrogens with zero attached hydrogens (tertiary/aromatic N) is 2. The van der Waals surface area contributed by atoms with Crippen LogP contribution in [0.5, 0.6) is 0 Å². The Bertz CT molecular complexity index is 843. The average Bonchev–Trinajstić information content (AvgIpc) is 3.09. The van der Waals surface area contributed by atoms with Crippen LogP contribution in [0.3, 0.4) is 0 Å². The lowest BCUT2D eigenvalue weighted by molar-refractivity contribution is 0.209. The van der Waals surface area contributed by atoms with Crippen molar-refractivity contribution in [3.05, 3.63) is 71.2 Å². The molecule has 0 fully saturated rings. The van der Waals surface area contributed by atoms with E-state index in [4.69, 9.17) is 0 Å². The standard InChI is InChI=1S/C21H23N3OS/c1-3-13-24(14-17-7-5-4-6-8-17)21(25)23-19-11-9-18(10-12-19)20-22-16(2)15-26-20/h4-12,15H,3,13-14H2,1-2H3,(H,23,25). The number of aromatic nitrogens is 1. The molecule has 0 aliphatic rings. The zero-order chi connectivity index (χ0) is 18.4. The maximum atomic E-state index is 12.7. The summed E-state index contributed by atoms with van der Waals surface area (Å²) in [6, 6.07) is 17.8. The molecule has 1 heterocycles. The second-order valence-corrected chi connectivity index (χ2v) is 7.07. The van der Waals surface area contributed by atoms with E-state index in [-0.39, 0.29) is 6.03 Å². The van der Waals surface area contributed by atoms with E-state index in [1.54, 1.807) is 11.3 Å². The van der Waals surface area contributed by atoms with Gasteiger partial charge >= 0.3 is 6.03 Å². The van der Waals surface area contributed by atoms with Crippen LogP contribution in [0.1, 0.15) is 24.6 Å². The molecular weight excluding hydrogens is 342 g/mol. The highest BCUT2D eigenvalue weighted by atomic mass is 32.1. The zero-order valence-electron chi connectivity index (χ0n) is 15.1. The third-order valence-electron chi connectivity index (χ3n) is 4.00. The summed E-state index contributed by atoms with van der Waals surface area (Å²) in [5, 5.41) is 6.04. The fourth-order valence-electron chi connectivity index (χ4n) is 2.71. The quantitative estimate of drug-likeness (QED) is 0.621. The van der Waals surface area contributed by atoms with Crippen LogP contribution >= 0.6 is 11.3 Å². The minimum Gasteiger partial charge on any atom is -0.320 e. The third-order valence-corrected chi connectivity index (χ3v) is 5.01. The first kappa shape index (κ1) is 18.1. The average molecular weight is 366 g/mol. The highest BCUT2D eigenvalue weighted by molar-refractivity contribution is 7.13. The first-order valence-corrected chi connectivity index (χ1v) is 9.66. The lowest BCUT2D eigenvalue weighted by Gasteiger charge is -2.22. The first-order valence-electron chi connectivity index (χ1n) is 8.78. The Balaban J connectivity index is 1.66. The van der Waals surface area contributed by atoms with Crippen LogP contribution in [-0.4, -0.2) is 22.5 Å². The lowest BCUT2D eigenvalue weighted by Crippen LogP contribution is -2.35. The predicted molar refractivity (Wildman–Crippen MR) is 108 cm³/mol. The molecular formula is C21H23N3OS. The molecule has 0 spiro atoms. The van der Waals surface area contributed by atoms with Gasteiger partial charge in [0.05, 0.1) is 0 Å². The first-order chi connectivity index (χ1) is 12.7. The molecule has 0 unspecified atom stereocenters. The SMILES string of the molecule is CCCN(Cc1ccccc1)C(=O)Nc1ccc(-c2nc(C)cs2)cc1. The maximum absolute atomic E-state index is 12.7. The summed E-state index contributed by atoms with van der Waals surface area (Å²) in [6.45, 7) is 5.40. The molecule has 0 aliphatic carbocycles. The number of benzene rings is 2. The van der Waals surface area contributed by atoms with Gasteiger partial charge < -0.3 is 10.2 Å². The number of rotatable bonds is 6. The molecule has 134 valence electrons. The van der Waals surface area contributed by atoms with Crippen LogP contribution in [0.2, 0.25) is 0 Å². The molecule has 0 atom stereocenters. The Morgan fingerprint density at radius 2 is 1.85 bits per heavy atom. The zero-order valence-corrected chi connectivity index (χ0v) is 15.9. The van der Waals surface area contributed by atoms with E-state index in [0.717, 1.165) is 40.5 Å². The fraction of sp³-hybridized carbons (Fsp3) is 0.238. The Hall–Kier alpha value is -2.66. The summed E-state index contributed by atoms with van der Waals surface area (Å²) in [5.74, 6) is 0. The largest absolute Gasteiger partial charge is 0.322 e. The van der Waals surface area contributed by atoms with Crippen LogP contribution in [0, 0.1) is 6.92 Å². The van der Waals surface area contributed by atoms with Gasteiger partial charge in [-0.05, 0) is 43.2 Å². The number of hydrogen-bond acceptors (Lipinski definition) is 3. The van der Waals surface area contributed by atoms with E-state index in [1.165, 1.54) is 0 Å². The van der Waals surface area contributed by atoms with Crippen molar-refractivity contribution < 1.29 is 4.79 Å². The molecule has 26 heavy (non-hydrogen) atoms. The number of carbonyl (C=O) groups is 1. The van der Waals surface area contributed by atoms with Gasteiger partial charge in [-0.15, -0.1) is 11.3 Å². The molecule has 5 heteroatoms. The number of amides is 2. The Morgan fingerprint density at radius 1 is 1.12 bits per heavy atom. The molecule has 0 bridgehead atoms. The number of anilines is 1. The molecule has 0 saturated carbocycles. The van der Waals surface area contributed by atoms with Crippen LogP contribution in [0.25, 0.3) is 10.6 Å². The van der Waals surface area contributed by atoms with Crippen molar-refractivity contribution in [3.8, 4) is 10.6 Å². The molecule has 3 aromatic rings. The summed E-state index contributed by atoms with van der Waals surface area (Å²) in [7, 11) is 0. The van der Waals surface area contributed by atoms with Crippen molar-refractivity contribution in [1.82, 2.24) is 9.88 Å². The minimum atomic E-state index is -0.0754. The second kappa shape index (κ2) is 8.63. The highest BCUT2D eigenvalue weighted by Crippen LogP contribution is 2.25. The van der Waals surface area contributed by atoms with E-state index < -0.39 is 0 Å². The van der Waals surface area contributed by atoms with E-state index in [9.17, 15) is 4.79 Å². The molecule has 1 aromatic heterocycles. The topological polar surface area (TPSA) is 45.2 Å². The summed E-state index contributed by atoms with van der Waals surface area (Å²) in [5.41, 5.74) is 4.01. The van der Waals surface area contributed by atoms with Gasteiger partial charge in [0.1, 0.15) is 5.01 Å². The third kappa shape index (κ3) is 4.70. The fourth-order valence-corrected chi connectivity index (χ4v) is 3.52. The Labute approximate surface area is 158 Å². The van der Waals surface area contributed by atoms with Gasteiger partial charge in [0.15, 0.2) is 0 Å². The number of thiazole rings is 1. The van der Waals surface area contributed by atoms with Crippen LogP contribution in [-0.2, 0) is 6.54 Å². The summed E-state index contributed by atoms with van der Waals surface area (Å²) < 4.78 is 0. The highest BCUT2D eigenvalue weighted by Gasteiger charge is 2.13. The van der Waals surface area contributed by atoms with Crippen LogP contribution < -0.4 is 5.32 Å². The molecule has 4 nitrogen and oxygen atoms in total. The van der Waals surface area contributed by atoms with Crippen LogP contribution in [0.15, 0.2) is 60.0 Å². The van der Waals surface area contributed by atoms with Gasteiger partial charge in [-0.1, -0.05) is 37.3 Å². The second-order valence-electron chi connectivity index (χ2n) is 6.21. The number of hydrogen-bond donors (Lipinski definition) is 1. The molecule has 0 saturated heterocycles. The molecule has 2 amide bonds. The molecule has 2 aromatic carbocycles. The Morgan fingerprint density at radius 3 is 2.46 bits per heavy atom. The van der Waals surface area contributed by atoms with Crippen molar-refractivity contribution in [3.63, 3.8) is 0 Å². The number of aryl methyl sites for hydroxylation is 1. The van der Waals surface area contributed by atoms with E-state index in [0.29, 0.717) is 6.54 Å². The van der Waals surface area contributed by atoms with Gasteiger partial charge in [-0.25, -0.2) is 9.78 Å².